The largest absolute Gasteiger partial charge is 0.494 e. The first kappa shape index (κ1) is 17.3. The molecule has 0 fully saturated rings. The first-order chi connectivity index (χ1) is 12.9. The quantitative estimate of drug-likeness (QED) is 0.667. The number of aromatic nitrogens is 1. The van der Waals surface area contributed by atoms with Crippen LogP contribution in [0.15, 0.2) is 48.5 Å². The number of rotatable bonds is 2. The van der Waals surface area contributed by atoms with Crippen molar-refractivity contribution in [2.45, 2.75) is 12.6 Å². The molecule has 7 heteroatoms. The van der Waals surface area contributed by atoms with Gasteiger partial charge in [-0.05, 0) is 48.4 Å². The molecule has 3 aromatic rings. The number of amides is 1. The van der Waals surface area contributed by atoms with Crippen molar-refractivity contribution in [3.63, 3.8) is 0 Å². The van der Waals surface area contributed by atoms with Crippen LogP contribution in [0.5, 0.6) is 5.75 Å². The maximum Gasteiger partial charge on any atom is 0.416 e. The highest BCUT2D eigenvalue weighted by Crippen LogP contribution is 2.34. The van der Waals surface area contributed by atoms with Gasteiger partial charge in [0.05, 0.1) is 12.7 Å². The van der Waals surface area contributed by atoms with E-state index in [2.05, 4.69) is 4.98 Å². The molecule has 1 aromatic heterocycles. The van der Waals surface area contributed by atoms with Crippen molar-refractivity contribution >= 4 is 22.6 Å². The van der Waals surface area contributed by atoms with Gasteiger partial charge in [-0.25, -0.2) is 4.98 Å². The Morgan fingerprint density at radius 3 is 2.56 bits per heavy atom. The Morgan fingerprint density at radius 2 is 1.89 bits per heavy atom. The van der Waals surface area contributed by atoms with Crippen LogP contribution in [-0.4, -0.2) is 24.5 Å². The monoisotopic (exact) mass is 372 g/mol. The third-order valence-corrected chi connectivity index (χ3v) is 4.65. The van der Waals surface area contributed by atoms with E-state index in [9.17, 15) is 18.0 Å². The van der Waals surface area contributed by atoms with Crippen LogP contribution in [0.3, 0.4) is 0 Å². The predicted octanol–water partition coefficient (Wildman–Crippen LogP) is 4.47. The van der Waals surface area contributed by atoms with Crippen LogP contribution in [0.25, 0.3) is 10.9 Å². The molecule has 0 saturated heterocycles. The SMILES string of the molecule is COc1cccc2cc3c(nc12)N(C(=O)c1ccc(C(F)(F)F)cc1)CC3. The number of carbonyl (C=O) groups excluding carboxylic acids is 1. The molecule has 1 amide bonds. The summed E-state index contributed by atoms with van der Waals surface area (Å²) in [6.07, 6.45) is -3.79. The second-order valence-corrected chi connectivity index (χ2v) is 6.28. The van der Waals surface area contributed by atoms with Gasteiger partial charge in [-0.3, -0.25) is 9.69 Å². The van der Waals surface area contributed by atoms with Gasteiger partial charge in [-0.15, -0.1) is 0 Å². The molecule has 0 bridgehead atoms. The summed E-state index contributed by atoms with van der Waals surface area (Å²) in [5, 5.41) is 0.914. The highest BCUT2D eigenvalue weighted by Gasteiger charge is 2.32. The van der Waals surface area contributed by atoms with Crippen LogP contribution in [0.1, 0.15) is 21.5 Å². The van der Waals surface area contributed by atoms with Gasteiger partial charge in [0.2, 0.25) is 0 Å². The number of nitrogens with zero attached hydrogens (tertiary/aromatic N) is 2. The number of methoxy groups -OCH3 is 1. The molecule has 27 heavy (non-hydrogen) atoms. The molecule has 0 N–H and O–H groups in total. The molecule has 2 heterocycles. The van der Waals surface area contributed by atoms with Crippen LogP contribution < -0.4 is 9.64 Å². The topological polar surface area (TPSA) is 42.4 Å². The number of para-hydroxylation sites is 1. The zero-order chi connectivity index (χ0) is 19.2. The van der Waals surface area contributed by atoms with Crippen LogP contribution in [0.2, 0.25) is 0 Å². The van der Waals surface area contributed by atoms with Gasteiger partial charge < -0.3 is 4.74 Å². The minimum absolute atomic E-state index is 0.192. The summed E-state index contributed by atoms with van der Waals surface area (Å²) >= 11 is 0. The van der Waals surface area contributed by atoms with E-state index in [-0.39, 0.29) is 11.5 Å². The van der Waals surface area contributed by atoms with Crippen LogP contribution in [0, 0.1) is 0 Å². The lowest BCUT2D eigenvalue weighted by molar-refractivity contribution is -0.137. The summed E-state index contributed by atoms with van der Waals surface area (Å²) < 4.78 is 43.5. The molecule has 4 rings (SSSR count). The summed E-state index contributed by atoms with van der Waals surface area (Å²) in [4.78, 5) is 18.9. The maximum atomic E-state index is 12.8. The number of pyridine rings is 1. The Morgan fingerprint density at radius 1 is 1.15 bits per heavy atom. The van der Waals surface area contributed by atoms with Gasteiger partial charge in [0.15, 0.2) is 0 Å². The number of halogens is 3. The van der Waals surface area contributed by atoms with Gasteiger partial charge >= 0.3 is 6.18 Å². The van der Waals surface area contributed by atoms with E-state index in [1.54, 1.807) is 13.2 Å². The van der Waals surface area contributed by atoms with Gasteiger partial charge in [0, 0.05) is 17.5 Å². The van der Waals surface area contributed by atoms with Crippen LogP contribution in [-0.2, 0) is 12.6 Å². The molecule has 0 aliphatic carbocycles. The van der Waals surface area contributed by atoms with Crippen molar-refractivity contribution in [2.24, 2.45) is 0 Å². The molecule has 138 valence electrons. The molecule has 0 spiro atoms. The van der Waals surface area contributed by atoms with Gasteiger partial charge in [-0.1, -0.05) is 12.1 Å². The lowest BCUT2D eigenvalue weighted by Gasteiger charge is -2.17. The second-order valence-electron chi connectivity index (χ2n) is 6.28. The van der Waals surface area contributed by atoms with E-state index >= 15 is 0 Å². The standard InChI is InChI=1S/C20H15F3N2O2/c1-27-16-4-2-3-13-11-14-9-10-25(18(14)24-17(13)16)19(26)12-5-7-15(8-6-12)20(21,22)23/h2-8,11H,9-10H2,1H3. The fourth-order valence-electron chi connectivity index (χ4n) is 3.28. The van der Waals surface area contributed by atoms with Gasteiger partial charge in [0.25, 0.3) is 5.91 Å². The second kappa shape index (κ2) is 6.26. The predicted molar refractivity (Wildman–Crippen MR) is 95.1 cm³/mol. The van der Waals surface area contributed by atoms with E-state index in [0.717, 1.165) is 23.1 Å². The smallest absolute Gasteiger partial charge is 0.416 e. The Hall–Kier alpha value is -3.09. The molecule has 0 unspecified atom stereocenters. The molecule has 0 atom stereocenters. The summed E-state index contributed by atoms with van der Waals surface area (Å²) in [7, 11) is 1.55. The zero-order valence-electron chi connectivity index (χ0n) is 14.4. The Labute approximate surface area is 153 Å². The first-order valence-electron chi connectivity index (χ1n) is 8.34. The van der Waals surface area contributed by atoms with Crippen molar-refractivity contribution in [1.82, 2.24) is 4.98 Å². The molecule has 4 nitrogen and oxygen atoms in total. The zero-order valence-corrected chi connectivity index (χ0v) is 14.4. The number of carbonyl (C=O) groups is 1. The fourth-order valence-corrected chi connectivity index (χ4v) is 3.28. The lowest BCUT2D eigenvalue weighted by Crippen LogP contribution is -2.29. The molecular formula is C20H15F3N2O2. The molecular weight excluding hydrogens is 357 g/mol. The number of alkyl halides is 3. The van der Waals surface area contributed by atoms with E-state index in [4.69, 9.17) is 4.74 Å². The van der Waals surface area contributed by atoms with Crippen molar-refractivity contribution < 1.29 is 22.7 Å². The van der Waals surface area contributed by atoms with E-state index in [1.165, 1.54) is 17.0 Å². The van der Waals surface area contributed by atoms with Crippen LogP contribution >= 0.6 is 0 Å². The maximum absolute atomic E-state index is 12.8. The van der Waals surface area contributed by atoms with Crippen LogP contribution in [0.4, 0.5) is 19.0 Å². The summed E-state index contributed by atoms with van der Waals surface area (Å²) in [6, 6.07) is 11.8. The summed E-state index contributed by atoms with van der Waals surface area (Å²) in [5.74, 6) is 0.755. The molecule has 2 aromatic carbocycles. The Kier molecular flexibility index (Phi) is 4.02. The molecule has 0 radical (unpaired) electrons. The van der Waals surface area contributed by atoms with Gasteiger partial charge in [-0.2, -0.15) is 13.2 Å². The summed E-state index contributed by atoms with van der Waals surface area (Å²) in [6.45, 7) is 0.431. The fraction of sp³-hybridized carbons (Fsp3) is 0.200. The number of ether oxygens (including phenoxy) is 1. The van der Waals surface area contributed by atoms with Crippen molar-refractivity contribution in [1.29, 1.82) is 0 Å². The van der Waals surface area contributed by atoms with E-state index in [1.807, 2.05) is 18.2 Å². The third-order valence-electron chi connectivity index (χ3n) is 4.65. The van der Waals surface area contributed by atoms with Crippen molar-refractivity contribution in [2.75, 3.05) is 18.6 Å². The van der Waals surface area contributed by atoms with Gasteiger partial charge in [0.1, 0.15) is 17.1 Å². The average molecular weight is 372 g/mol. The molecule has 1 aliphatic rings. The number of benzene rings is 2. The average Bonchev–Trinajstić information content (AvgIpc) is 3.07. The molecule has 1 aliphatic heterocycles. The third kappa shape index (κ3) is 2.99. The Bertz CT molecular complexity index is 1030. The molecule has 0 saturated carbocycles. The Balaban J connectivity index is 1.71. The lowest BCUT2D eigenvalue weighted by atomic mass is 10.1. The first-order valence-corrected chi connectivity index (χ1v) is 8.34. The number of fused-ring (bicyclic) bond motifs is 2. The van der Waals surface area contributed by atoms with Crippen molar-refractivity contribution in [3.05, 3.63) is 65.2 Å². The number of hydrogen-bond donors (Lipinski definition) is 0. The normalized spacial score (nSPS) is 13.7. The number of anilines is 1. The minimum atomic E-state index is -4.43. The van der Waals surface area contributed by atoms with E-state index < -0.39 is 11.7 Å². The van der Waals surface area contributed by atoms with E-state index in [0.29, 0.717) is 30.0 Å². The highest BCUT2D eigenvalue weighted by molar-refractivity contribution is 6.07. The van der Waals surface area contributed by atoms with Crippen molar-refractivity contribution in [3.8, 4) is 5.75 Å². The summed E-state index contributed by atoms with van der Waals surface area (Å²) in [5.41, 5.74) is 0.981. The highest BCUT2D eigenvalue weighted by atomic mass is 19.4. The number of hydrogen-bond acceptors (Lipinski definition) is 3. The minimum Gasteiger partial charge on any atom is -0.494 e.